The molecule has 24 heavy (non-hydrogen) atoms. The van der Waals surface area contributed by atoms with Gasteiger partial charge < -0.3 is 14.8 Å². The number of hydrogen-bond acceptors (Lipinski definition) is 3. The number of amides is 2. The Morgan fingerprint density at radius 2 is 2.08 bits per heavy atom. The number of benzene rings is 1. The molecule has 6 heteroatoms. The van der Waals surface area contributed by atoms with Crippen LogP contribution in [0.3, 0.4) is 0 Å². The van der Waals surface area contributed by atoms with Crippen LogP contribution in [0, 0.1) is 6.92 Å². The molecule has 1 aromatic heterocycles. The molecule has 0 radical (unpaired) electrons. The number of hydrogen-bond donors (Lipinski definition) is 1. The van der Waals surface area contributed by atoms with Gasteiger partial charge in [-0.2, -0.15) is 0 Å². The molecular formula is C18H25N5O. The second-order valence-corrected chi connectivity index (χ2v) is 6.37. The van der Waals surface area contributed by atoms with Crippen LogP contribution in [0.1, 0.15) is 30.1 Å². The molecule has 0 saturated heterocycles. The van der Waals surface area contributed by atoms with Gasteiger partial charge in [0, 0.05) is 32.6 Å². The molecule has 1 unspecified atom stereocenters. The molecule has 2 heterocycles. The fourth-order valence-electron chi connectivity index (χ4n) is 3.26. The number of fused-ring (bicyclic) bond motifs is 1. The molecule has 6 nitrogen and oxygen atoms in total. The number of rotatable bonds is 4. The van der Waals surface area contributed by atoms with Crippen LogP contribution >= 0.6 is 0 Å². The molecule has 3 rings (SSSR count). The number of urea groups is 1. The summed E-state index contributed by atoms with van der Waals surface area (Å²) in [5, 5.41) is 11.4. The Kier molecular flexibility index (Phi) is 5.13. The van der Waals surface area contributed by atoms with Crippen LogP contribution in [0.15, 0.2) is 30.3 Å². The molecule has 0 saturated carbocycles. The van der Waals surface area contributed by atoms with E-state index in [2.05, 4.69) is 32.2 Å². The zero-order chi connectivity index (χ0) is 16.9. The van der Waals surface area contributed by atoms with Crippen molar-refractivity contribution in [3.63, 3.8) is 0 Å². The first-order valence-corrected chi connectivity index (χ1v) is 8.58. The minimum Gasteiger partial charge on any atom is -0.338 e. The van der Waals surface area contributed by atoms with Crippen LogP contribution in [0.5, 0.6) is 0 Å². The largest absolute Gasteiger partial charge is 0.338 e. The van der Waals surface area contributed by atoms with Crippen LogP contribution in [0.25, 0.3) is 0 Å². The molecular weight excluding hydrogens is 302 g/mol. The van der Waals surface area contributed by atoms with E-state index in [9.17, 15) is 4.79 Å². The molecule has 128 valence electrons. The first-order valence-electron chi connectivity index (χ1n) is 8.58. The Balaban J connectivity index is 1.49. The van der Waals surface area contributed by atoms with Crippen molar-refractivity contribution in [1.29, 1.82) is 0 Å². The molecule has 0 bridgehead atoms. The summed E-state index contributed by atoms with van der Waals surface area (Å²) < 4.78 is 2.17. The maximum atomic E-state index is 12.4. The van der Waals surface area contributed by atoms with Crippen LogP contribution < -0.4 is 5.32 Å². The number of carbonyl (C=O) groups excluding carboxylic acids is 1. The average molecular weight is 327 g/mol. The summed E-state index contributed by atoms with van der Waals surface area (Å²) in [6.07, 6.45) is 3.59. The van der Waals surface area contributed by atoms with Crippen LogP contribution in [-0.4, -0.2) is 45.3 Å². The SMILES string of the molecule is Cc1nnc2n1CCC(N(C)C(=O)NCCc1ccccc1)CC2. The van der Waals surface area contributed by atoms with Gasteiger partial charge in [-0.3, -0.25) is 0 Å². The summed E-state index contributed by atoms with van der Waals surface area (Å²) >= 11 is 0. The molecule has 0 aliphatic carbocycles. The van der Waals surface area contributed by atoms with E-state index in [-0.39, 0.29) is 12.1 Å². The first-order chi connectivity index (χ1) is 11.6. The highest BCUT2D eigenvalue weighted by Crippen LogP contribution is 2.18. The zero-order valence-corrected chi connectivity index (χ0v) is 14.4. The Morgan fingerprint density at radius 3 is 2.88 bits per heavy atom. The lowest BCUT2D eigenvalue weighted by atomic mass is 10.1. The van der Waals surface area contributed by atoms with Crippen LogP contribution in [0.2, 0.25) is 0 Å². The van der Waals surface area contributed by atoms with Crippen molar-refractivity contribution in [2.24, 2.45) is 0 Å². The van der Waals surface area contributed by atoms with Gasteiger partial charge in [0.2, 0.25) is 0 Å². The number of nitrogens with zero attached hydrogens (tertiary/aromatic N) is 4. The standard InChI is InChI=1S/C18H25N5O/c1-14-20-21-17-9-8-16(11-13-23(14)17)22(2)18(24)19-12-10-15-6-4-3-5-7-15/h3-7,16H,8-13H2,1-2H3,(H,19,24). The Labute approximate surface area is 142 Å². The lowest BCUT2D eigenvalue weighted by molar-refractivity contribution is 0.183. The molecule has 1 aliphatic rings. The third kappa shape index (κ3) is 3.75. The number of aromatic nitrogens is 3. The highest BCUT2D eigenvalue weighted by atomic mass is 16.2. The summed E-state index contributed by atoms with van der Waals surface area (Å²) in [7, 11) is 1.89. The van der Waals surface area contributed by atoms with Gasteiger partial charge in [-0.05, 0) is 31.7 Å². The predicted octanol–water partition coefficient (Wildman–Crippen LogP) is 2.18. The molecule has 0 fully saturated rings. The van der Waals surface area contributed by atoms with Crippen molar-refractivity contribution in [3.05, 3.63) is 47.5 Å². The fraction of sp³-hybridized carbons (Fsp3) is 0.500. The van der Waals surface area contributed by atoms with Crippen molar-refractivity contribution in [2.75, 3.05) is 13.6 Å². The lowest BCUT2D eigenvalue weighted by Crippen LogP contribution is -2.44. The zero-order valence-electron chi connectivity index (χ0n) is 14.4. The maximum absolute atomic E-state index is 12.4. The predicted molar refractivity (Wildman–Crippen MR) is 92.8 cm³/mol. The van der Waals surface area contributed by atoms with Gasteiger partial charge in [0.05, 0.1) is 0 Å². The second kappa shape index (κ2) is 7.47. The molecule has 1 N–H and O–H groups in total. The van der Waals surface area contributed by atoms with E-state index in [0.717, 1.165) is 43.9 Å². The van der Waals surface area contributed by atoms with Crippen LogP contribution in [0.4, 0.5) is 4.79 Å². The van der Waals surface area contributed by atoms with E-state index >= 15 is 0 Å². The summed E-state index contributed by atoms with van der Waals surface area (Å²) in [5.74, 6) is 1.99. The summed E-state index contributed by atoms with van der Waals surface area (Å²) in [6, 6.07) is 10.5. The number of aryl methyl sites for hydroxylation is 2. The molecule has 1 aromatic carbocycles. The van der Waals surface area contributed by atoms with Crippen molar-refractivity contribution < 1.29 is 4.79 Å². The van der Waals surface area contributed by atoms with Gasteiger partial charge in [-0.1, -0.05) is 30.3 Å². The third-order valence-electron chi connectivity index (χ3n) is 4.80. The van der Waals surface area contributed by atoms with E-state index in [1.165, 1.54) is 5.56 Å². The minimum absolute atomic E-state index is 0.00492. The van der Waals surface area contributed by atoms with Gasteiger partial charge in [0.1, 0.15) is 11.6 Å². The molecule has 1 atom stereocenters. The molecule has 1 aliphatic heterocycles. The van der Waals surface area contributed by atoms with Gasteiger partial charge in [-0.15, -0.1) is 10.2 Å². The highest BCUT2D eigenvalue weighted by molar-refractivity contribution is 5.74. The third-order valence-corrected chi connectivity index (χ3v) is 4.80. The van der Waals surface area contributed by atoms with E-state index in [1.54, 1.807) is 0 Å². The van der Waals surface area contributed by atoms with Crippen molar-refractivity contribution in [1.82, 2.24) is 25.0 Å². The summed E-state index contributed by atoms with van der Waals surface area (Å²) in [6.45, 7) is 3.52. The fourth-order valence-corrected chi connectivity index (χ4v) is 3.26. The minimum atomic E-state index is 0.00492. The second-order valence-electron chi connectivity index (χ2n) is 6.37. The average Bonchev–Trinajstić information content (AvgIpc) is 2.82. The van der Waals surface area contributed by atoms with E-state index in [0.29, 0.717) is 6.54 Å². The van der Waals surface area contributed by atoms with E-state index in [4.69, 9.17) is 0 Å². The van der Waals surface area contributed by atoms with E-state index in [1.807, 2.05) is 37.1 Å². The Morgan fingerprint density at radius 1 is 1.29 bits per heavy atom. The summed E-state index contributed by atoms with van der Waals surface area (Å²) in [4.78, 5) is 14.3. The Bertz CT molecular complexity index is 682. The smallest absolute Gasteiger partial charge is 0.317 e. The monoisotopic (exact) mass is 327 g/mol. The molecule has 0 spiro atoms. The maximum Gasteiger partial charge on any atom is 0.317 e. The van der Waals surface area contributed by atoms with Gasteiger partial charge in [0.25, 0.3) is 0 Å². The number of nitrogens with one attached hydrogen (secondary N) is 1. The van der Waals surface area contributed by atoms with Gasteiger partial charge in [-0.25, -0.2) is 4.79 Å². The normalized spacial score (nSPS) is 17.0. The van der Waals surface area contributed by atoms with Crippen molar-refractivity contribution in [3.8, 4) is 0 Å². The summed E-state index contributed by atoms with van der Waals surface area (Å²) in [5.41, 5.74) is 1.24. The molecule has 2 aromatic rings. The quantitative estimate of drug-likeness (QED) is 0.936. The number of carbonyl (C=O) groups is 1. The van der Waals surface area contributed by atoms with Crippen molar-refractivity contribution >= 4 is 6.03 Å². The molecule has 2 amide bonds. The topological polar surface area (TPSA) is 63.1 Å². The van der Waals surface area contributed by atoms with Crippen LogP contribution in [-0.2, 0) is 19.4 Å². The van der Waals surface area contributed by atoms with Gasteiger partial charge in [0.15, 0.2) is 0 Å². The van der Waals surface area contributed by atoms with E-state index < -0.39 is 0 Å². The van der Waals surface area contributed by atoms with Crippen molar-refractivity contribution in [2.45, 2.75) is 45.2 Å². The first kappa shape index (κ1) is 16.5. The lowest BCUT2D eigenvalue weighted by Gasteiger charge is -2.27. The Hall–Kier alpha value is -2.37. The highest BCUT2D eigenvalue weighted by Gasteiger charge is 2.24. The van der Waals surface area contributed by atoms with Gasteiger partial charge >= 0.3 is 6.03 Å².